The monoisotopic (exact) mass is 866 g/mol. The number of aryl methyl sites for hydroxylation is 2. The maximum Gasteiger partial charge on any atom is 0.737 e. The van der Waals surface area contributed by atoms with E-state index in [0.29, 0.717) is 52.3 Å². The van der Waals surface area contributed by atoms with E-state index in [0.717, 1.165) is 47.9 Å². The molecule has 0 aliphatic carbocycles. The Morgan fingerprint density at radius 1 is 0.933 bits per heavy atom. The van der Waals surface area contributed by atoms with Gasteiger partial charge in [0.25, 0.3) is 21.9 Å². The van der Waals surface area contributed by atoms with Gasteiger partial charge < -0.3 is 37.6 Å². The van der Waals surface area contributed by atoms with E-state index in [-0.39, 0.29) is 50.8 Å². The van der Waals surface area contributed by atoms with Crippen LogP contribution in [-0.4, -0.2) is 126 Å². The summed E-state index contributed by atoms with van der Waals surface area (Å²) in [6.07, 6.45) is 8.73. The number of carbonyl (C=O) groups is 6. The van der Waals surface area contributed by atoms with Crippen molar-refractivity contribution in [1.29, 1.82) is 0 Å². The molecule has 1 unspecified atom stereocenters. The first-order valence-electron chi connectivity index (χ1n) is 20.7. The fourth-order valence-corrected chi connectivity index (χ4v) is 8.07. The van der Waals surface area contributed by atoms with Gasteiger partial charge in [0.15, 0.2) is 5.70 Å². The first-order valence-corrected chi connectivity index (χ1v) is 22.3. The number of aromatic nitrogens is 1. The highest BCUT2D eigenvalue weighted by Crippen LogP contribution is 2.40. The number of halogens is 2. The third kappa shape index (κ3) is 13.1. The molecule has 4 rings (SSSR count). The molecule has 21 heteroatoms. The van der Waals surface area contributed by atoms with E-state index in [2.05, 4.69) is 38.7 Å². The minimum absolute atomic E-state index is 0.0614. The topological polar surface area (TPSA) is 213 Å². The first-order chi connectivity index (χ1) is 28.1. The Kier molecular flexibility index (Phi) is 16.5. The maximum absolute atomic E-state index is 17.0. The van der Waals surface area contributed by atoms with Gasteiger partial charge in [-0.1, -0.05) is 26.7 Å². The molecule has 4 N–H and O–H groups in total. The minimum Gasteiger partial charge on any atom is -0.394 e. The molecule has 1 aromatic rings. The summed E-state index contributed by atoms with van der Waals surface area (Å²) in [6.45, 7) is 0.391. The highest BCUT2D eigenvalue weighted by Gasteiger charge is 2.54. The Hall–Kier alpha value is -4.76. The van der Waals surface area contributed by atoms with Gasteiger partial charge in [-0.15, -0.1) is 5.06 Å². The molecule has 1 saturated heterocycles. The third-order valence-electron chi connectivity index (χ3n) is 10.4. The van der Waals surface area contributed by atoms with Crippen LogP contribution < -0.4 is 16.0 Å². The molecule has 0 bridgehead atoms. The van der Waals surface area contributed by atoms with E-state index in [1.807, 2.05) is 24.4 Å². The number of hydroxylamine groups is 2. The van der Waals surface area contributed by atoms with Gasteiger partial charge in [0.1, 0.15) is 17.5 Å². The largest absolute Gasteiger partial charge is 0.737 e. The van der Waals surface area contributed by atoms with Gasteiger partial charge in [-0.2, -0.15) is 8.42 Å². The number of allylic oxidation sites excluding steroid dienone is 2. The molecule has 1 fully saturated rings. The number of hydrogen-bond donors (Lipinski definition) is 4. The Labute approximate surface area is 350 Å². The molecule has 0 saturated carbocycles. The van der Waals surface area contributed by atoms with Gasteiger partial charge in [0, 0.05) is 68.5 Å². The molecule has 17 nitrogen and oxygen atoms in total. The first kappa shape index (κ1) is 47.9. The van der Waals surface area contributed by atoms with Crippen molar-refractivity contribution in [1.82, 2.24) is 25.5 Å². The van der Waals surface area contributed by atoms with Crippen LogP contribution in [0.5, 0.6) is 0 Å². The quantitative estimate of drug-likeness (QED) is 0.0414. The Morgan fingerprint density at radius 3 is 2.23 bits per heavy atom. The zero-order valence-electron chi connectivity index (χ0n) is 35.2. The summed E-state index contributed by atoms with van der Waals surface area (Å²) in [5.41, 5.74) is 3.30. The average Bonchev–Trinajstić information content (AvgIpc) is 3.80. The van der Waals surface area contributed by atoms with E-state index in [1.165, 1.54) is 4.48 Å². The molecule has 332 valence electrons. The molecule has 60 heavy (non-hydrogen) atoms. The fraction of sp³-hybridized carbons (Fsp3) is 0.615. The number of imide groups is 2. The van der Waals surface area contributed by atoms with Crippen molar-refractivity contribution < 1.29 is 64.2 Å². The van der Waals surface area contributed by atoms with E-state index in [4.69, 9.17) is 4.84 Å². The zero-order chi connectivity index (χ0) is 44.4. The summed E-state index contributed by atoms with van der Waals surface area (Å²) in [5, 5.41) is 6.86. The molecular weight excluding hydrogens is 807 g/mol. The van der Waals surface area contributed by atoms with Gasteiger partial charge >= 0.3 is 19.0 Å². The zero-order valence-corrected chi connectivity index (χ0v) is 36.0. The number of nitrogens with zero attached hydrogens (tertiary/aromatic N) is 4. The summed E-state index contributed by atoms with van der Waals surface area (Å²) >= 11 is 0. The van der Waals surface area contributed by atoms with Crippen molar-refractivity contribution in [2.45, 2.75) is 116 Å². The van der Waals surface area contributed by atoms with Gasteiger partial charge in [0.05, 0.1) is 27.7 Å². The molecule has 6 amide bonds. The van der Waals surface area contributed by atoms with Crippen molar-refractivity contribution in [3.05, 3.63) is 40.4 Å². The number of unbranched alkanes of at least 4 members (excludes halogenated alkanes) is 3. The van der Waals surface area contributed by atoms with Crippen molar-refractivity contribution in [3.63, 3.8) is 0 Å². The standard InChI is InChI=1S/C39H58BF2N7O10S/c1-6-8-13-27-23-29(15-12-22-49(3,4)5)46-32(27)25-33-28(14-9-7-2)24-30(47(33)40(46,41)42)17-18-34(50)45-39(55)44-31(26-60(56,57)58)38(54)43-21-11-10-16-37(53)59-48-35(51)19-20-36(48)52/h23-25,31H,6-22,26H2,1-5H3,(H3-,43,44,45,50,54,55,56,57,58)/p+1. The Balaban J connectivity index is 1.41. The summed E-state index contributed by atoms with van der Waals surface area (Å²) < 4.78 is 69.8. The van der Waals surface area contributed by atoms with Crippen LogP contribution in [0.25, 0.3) is 6.08 Å². The smallest absolute Gasteiger partial charge is 0.394 e. The lowest BCUT2D eigenvalue weighted by molar-refractivity contribution is -0.870. The molecule has 0 radical (unpaired) electrons. The maximum atomic E-state index is 17.0. The normalized spacial score (nSPS) is 16.6. The molecule has 1 atom stereocenters. The number of nitrogens with one attached hydrogen (secondary N) is 3. The summed E-state index contributed by atoms with van der Waals surface area (Å²) in [4.78, 5) is 78.7. The second kappa shape index (κ2) is 20.7. The van der Waals surface area contributed by atoms with Crippen molar-refractivity contribution in [2.75, 3.05) is 40.0 Å². The second-order valence-electron chi connectivity index (χ2n) is 16.5. The number of hydrogen-bond acceptors (Lipinski definition) is 9. The van der Waals surface area contributed by atoms with Crippen LogP contribution in [0.2, 0.25) is 0 Å². The van der Waals surface area contributed by atoms with Crippen LogP contribution in [-0.2, 0) is 51.8 Å². The second-order valence-corrected chi connectivity index (χ2v) is 18.0. The molecule has 0 aromatic carbocycles. The fourth-order valence-electron chi connectivity index (χ4n) is 7.42. The highest BCUT2D eigenvalue weighted by molar-refractivity contribution is 7.85. The van der Waals surface area contributed by atoms with Crippen LogP contribution in [0, 0.1) is 0 Å². The van der Waals surface area contributed by atoms with E-state index >= 15 is 8.63 Å². The lowest BCUT2D eigenvalue weighted by atomic mass is 9.88. The number of fused-ring (bicyclic) bond motifs is 2. The highest BCUT2D eigenvalue weighted by atomic mass is 32.2. The predicted molar refractivity (Wildman–Crippen MR) is 219 cm³/mol. The lowest BCUT2D eigenvalue weighted by Gasteiger charge is -2.32. The van der Waals surface area contributed by atoms with Crippen molar-refractivity contribution >= 4 is 64.5 Å². The summed E-state index contributed by atoms with van der Waals surface area (Å²) in [5.74, 6) is -5.24. The number of amides is 6. The van der Waals surface area contributed by atoms with Gasteiger partial charge in [-0.3, -0.25) is 29.0 Å². The number of quaternary nitrogens is 1. The molecule has 0 spiro atoms. The number of urea groups is 1. The SMILES string of the molecule is CCCCC1=CC(CCC(=O)NC(=O)NC(CS(=O)(=O)O)C(=O)NCCCCC(=O)ON2C(=O)CCC2=O)=[N+]2C1=Cc1c(CCCC)cc(CCC[N+](C)(C)C)n1[B-]2(F)F. The van der Waals surface area contributed by atoms with Crippen LogP contribution in [0.15, 0.2) is 23.4 Å². The Bertz CT molecular complexity index is 2030. The van der Waals surface area contributed by atoms with Crippen LogP contribution in [0.1, 0.15) is 114 Å². The number of carbonyl (C=O) groups excluding carboxylic acids is 6. The minimum atomic E-state index is -4.81. The van der Waals surface area contributed by atoms with Crippen LogP contribution in [0.3, 0.4) is 0 Å². The Morgan fingerprint density at radius 2 is 1.60 bits per heavy atom. The van der Waals surface area contributed by atoms with Gasteiger partial charge in [-0.05, 0) is 62.3 Å². The van der Waals surface area contributed by atoms with Crippen LogP contribution >= 0.6 is 0 Å². The molecule has 1 aromatic heterocycles. The van der Waals surface area contributed by atoms with E-state index < -0.39 is 70.9 Å². The molecular formula is C39H59BF2N7O10S+. The van der Waals surface area contributed by atoms with Gasteiger partial charge in [0.2, 0.25) is 11.8 Å². The lowest BCUT2D eigenvalue weighted by Crippen LogP contribution is -2.54. The average molecular weight is 867 g/mol. The van der Waals surface area contributed by atoms with Crippen molar-refractivity contribution in [2.24, 2.45) is 0 Å². The summed E-state index contributed by atoms with van der Waals surface area (Å²) in [6, 6.07) is -1.18. The van der Waals surface area contributed by atoms with E-state index in [9.17, 15) is 41.7 Å². The summed E-state index contributed by atoms with van der Waals surface area (Å²) in [7, 11) is 1.36. The number of rotatable bonds is 23. The molecule has 4 heterocycles. The predicted octanol–water partition coefficient (Wildman–Crippen LogP) is 3.39. The van der Waals surface area contributed by atoms with E-state index in [1.54, 1.807) is 6.08 Å². The molecule has 3 aliphatic heterocycles. The third-order valence-corrected chi connectivity index (χ3v) is 11.2. The van der Waals surface area contributed by atoms with Crippen molar-refractivity contribution in [3.8, 4) is 0 Å². The van der Waals surface area contributed by atoms with Gasteiger partial charge in [-0.25, -0.2) is 9.59 Å². The molecule has 3 aliphatic rings. The van der Waals surface area contributed by atoms with Crippen LogP contribution in [0.4, 0.5) is 13.4 Å².